The van der Waals surface area contributed by atoms with Gasteiger partial charge in [0.05, 0.1) is 12.2 Å². The van der Waals surface area contributed by atoms with Gasteiger partial charge in [0.1, 0.15) is 5.75 Å². The van der Waals surface area contributed by atoms with Crippen LogP contribution in [0.4, 0.5) is 10.1 Å². The second kappa shape index (κ2) is 6.06. The van der Waals surface area contributed by atoms with Gasteiger partial charge in [0.15, 0.2) is 11.6 Å². The van der Waals surface area contributed by atoms with Gasteiger partial charge in [-0.05, 0) is 19.1 Å². The van der Waals surface area contributed by atoms with Crippen LogP contribution in [0.25, 0.3) is 0 Å². The van der Waals surface area contributed by atoms with Crippen molar-refractivity contribution in [3.63, 3.8) is 0 Å². The molecular weight excluding hydrogens is 261 g/mol. The van der Waals surface area contributed by atoms with Gasteiger partial charge in [-0.15, -0.1) is 0 Å². The van der Waals surface area contributed by atoms with Gasteiger partial charge in [-0.3, -0.25) is 0 Å². The van der Waals surface area contributed by atoms with Gasteiger partial charge in [0.25, 0.3) is 0 Å². The SMILES string of the molecule is CCOC(=O)c1cc(Oc2ccccc2)c(F)cc1N. The van der Waals surface area contributed by atoms with Crippen molar-refractivity contribution in [3.8, 4) is 11.5 Å². The molecule has 5 heteroatoms. The van der Waals surface area contributed by atoms with E-state index in [4.69, 9.17) is 15.2 Å². The van der Waals surface area contributed by atoms with E-state index in [1.165, 1.54) is 6.07 Å². The van der Waals surface area contributed by atoms with Gasteiger partial charge in [0.2, 0.25) is 0 Å². The van der Waals surface area contributed by atoms with E-state index in [9.17, 15) is 9.18 Å². The first kappa shape index (κ1) is 13.9. The molecule has 0 aliphatic rings. The quantitative estimate of drug-likeness (QED) is 0.686. The predicted molar refractivity (Wildman–Crippen MR) is 73.3 cm³/mol. The van der Waals surface area contributed by atoms with Crippen LogP contribution in [0, 0.1) is 5.82 Å². The minimum absolute atomic E-state index is 0.0151. The van der Waals surface area contributed by atoms with E-state index in [0.717, 1.165) is 6.07 Å². The molecule has 104 valence electrons. The summed E-state index contributed by atoms with van der Waals surface area (Å²) in [5.41, 5.74) is 5.72. The van der Waals surface area contributed by atoms with Gasteiger partial charge < -0.3 is 15.2 Å². The number of carbonyl (C=O) groups is 1. The highest BCUT2D eigenvalue weighted by molar-refractivity contribution is 5.95. The maximum absolute atomic E-state index is 13.8. The number of carbonyl (C=O) groups excluding carboxylic acids is 1. The van der Waals surface area contributed by atoms with Crippen LogP contribution in [-0.2, 0) is 4.74 Å². The monoisotopic (exact) mass is 275 g/mol. The largest absolute Gasteiger partial charge is 0.462 e. The third-order valence-electron chi connectivity index (χ3n) is 2.57. The zero-order valence-corrected chi connectivity index (χ0v) is 10.9. The predicted octanol–water partition coefficient (Wildman–Crippen LogP) is 3.38. The molecule has 4 nitrogen and oxygen atoms in total. The van der Waals surface area contributed by atoms with Crippen molar-refractivity contribution < 1.29 is 18.7 Å². The molecule has 0 atom stereocenters. The molecule has 0 aromatic heterocycles. The van der Waals surface area contributed by atoms with E-state index in [1.807, 2.05) is 6.07 Å². The highest BCUT2D eigenvalue weighted by Crippen LogP contribution is 2.28. The molecule has 0 amide bonds. The first-order valence-electron chi connectivity index (χ1n) is 6.11. The molecule has 0 fully saturated rings. The van der Waals surface area contributed by atoms with Crippen molar-refractivity contribution >= 4 is 11.7 Å². The van der Waals surface area contributed by atoms with Crippen molar-refractivity contribution in [1.82, 2.24) is 0 Å². The minimum atomic E-state index is -0.639. The average Bonchev–Trinajstić information content (AvgIpc) is 2.43. The molecule has 0 saturated carbocycles. The number of ether oxygens (including phenoxy) is 2. The Balaban J connectivity index is 2.34. The normalized spacial score (nSPS) is 10.1. The Bertz CT molecular complexity index is 614. The lowest BCUT2D eigenvalue weighted by molar-refractivity contribution is 0.0527. The summed E-state index contributed by atoms with van der Waals surface area (Å²) in [6.45, 7) is 1.89. The van der Waals surface area contributed by atoms with Crippen molar-refractivity contribution in [1.29, 1.82) is 0 Å². The van der Waals surface area contributed by atoms with Crippen LogP contribution in [0.2, 0.25) is 0 Å². The lowest BCUT2D eigenvalue weighted by atomic mass is 10.1. The Labute approximate surface area is 115 Å². The summed E-state index contributed by atoms with van der Waals surface area (Å²) in [4.78, 5) is 11.7. The van der Waals surface area contributed by atoms with Gasteiger partial charge in [0, 0.05) is 17.8 Å². The van der Waals surface area contributed by atoms with Crippen molar-refractivity contribution in [2.24, 2.45) is 0 Å². The molecule has 0 heterocycles. The first-order chi connectivity index (χ1) is 9.61. The highest BCUT2D eigenvalue weighted by Gasteiger charge is 2.16. The van der Waals surface area contributed by atoms with E-state index in [1.54, 1.807) is 31.2 Å². The maximum Gasteiger partial charge on any atom is 0.340 e. The van der Waals surface area contributed by atoms with E-state index in [0.29, 0.717) is 5.75 Å². The molecule has 2 aromatic rings. The van der Waals surface area contributed by atoms with Crippen LogP contribution < -0.4 is 10.5 Å². The molecule has 0 saturated heterocycles. The number of esters is 1. The van der Waals surface area contributed by atoms with Crippen molar-refractivity contribution in [2.75, 3.05) is 12.3 Å². The zero-order chi connectivity index (χ0) is 14.5. The Morgan fingerprint density at radius 2 is 1.95 bits per heavy atom. The molecule has 0 unspecified atom stereocenters. The summed E-state index contributed by atoms with van der Waals surface area (Å²) < 4.78 is 24.1. The molecule has 0 radical (unpaired) electrons. The summed E-state index contributed by atoms with van der Waals surface area (Å²) in [6, 6.07) is 11.0. The Morgan fingerprint density at radius 3 is 2.60 bits per heavy atom. The molecule has 0 bridgehead atoms. The van der Waals surface area contributed by atoms with Crippen molar-refractivity contribution in [2.45, 2.75) is 6.92 Å². The van der Waals surface area contributed by atoms with E-state index in [2.05, 4.69) is 0 Å². The molecule has 20 heavy (non-hydrogen) atoms. The maximum atomic E-state index is 13.8. The fourth-order valence-corrected chi connectivity index (χ4v) is 1.65. The summed E-state index contributed by atoms with van der Waals surface area (Å²) in [5.74, 6) is -0.859. The number of rotatable bonds is 4. The molecular formula is C15H14FNO3. The standard InChI is InChI=1S/C15H14FNO3/c1-2-19-15(18)11-8-14(12(16)9-13(11)17)20-10-6-4-3-5-7-10/h3-9H,2,17H2,1H3. The lowest BCUT2D eigenvalue weighted by Crippen LogP contribution is -2.09. The van der Waals surface area contributed by atoms with Crippen LogP contribution in [0.5, 0.6) is 11.5 Å². The average molecular weight is 275 g/mol. The fraction of sp³-hybridized carbons (Fsp3) is 0.133. The minimum Gasteiger partial charge on any atom is -0.462 e. The number of nitrogen functional groups attached to an aromatic ring is 1. The molecule has 0 aliphatic heterocycles. The number of hydrogen-bond acceptors (Lipinski definition) is 4. The van der Waals surface area contributed by atoms with E-state index in [-0.39, 0.29) is 23.6 Å². The second-order valence-corrected chi connectivity index (χ2v) is 4.01. The Hall–Kier alpha value is -2.56. The number of halogens is 1. The van der Waals surface area contributed by atoms with Crippen LogP contribution in [0.15, 0.2) is 42.5 Å². The smallest absolute Gasteiger partial charge is 0.340 e. The molecule has 2 rings (SSSR count). The van der Waals surface area contributed by atoms with Crippen LogP contribution >= 0.6 is 0 Å². The number of anilines is 1. The van der Waals surface area contributed by atoms with Gasteiger partial charge in [-0.1, -0.05) is 18.2 Å². The van der Waals surface area contributed by atoms with E-state index >= 15 is 0 Å². The topological polar surface area (TPSA) is 61.5 Å². The highest BCUT2D eigenvalue weighted by atomic mass is 19.1. The van der Waals surface area contributed by atoms with Crippen LogP contribution in [0.1, 0.15) is 17.3 Å². The number of nitrogens with two attached hydrogens (primary N) is 1. The summed E-state index contributed by atoms with van der Waals surface area (Å²) in [7, 11) is 0. The van der Waals surface area contributed by atoms with Gasteiger partial charge in [-0.2, -0.15) is 0 Å². The second-order valence-electron chi connectivity index (χ2n) is 4.01. The van der Waals surface area contributed by atoms with Crippen molar-refractivity contribution in [3.05, 3.63) is 53.8 Å². The third-order valence-corrected chi connectivity index (χ3v) is 2.57. The third kappa shape index (κ3) is 3.06. The van der Waals surface area contributed by atoms with Gasteiger partial charge >= 0.3 is 5.97 Å². The van der Waals surface area contributed by atoms with Crippen LogP contribution in [0.3, 0.4) is 0 Å². The fourth-order valence-electron chi connectivity index (χ4n) is 1.65. The van der Waals surface area contributed by atoms with Crippen LogP contribution in [-0.4, -0.2) is 12.6 Å². The zero-order valence-electron chi connectivity index (χ0n) is 10.9. The van der Waals surface area contributed by atoms with Gasteiger partial charge in [-0.25, -0.2) is 9.18 Å². The molecule has 0 aliphatic carbocycles. The number of para-hydroxylation sites is 1. The summed E-state index contributed by atoms with van der Waals surface area (Å²) >= 11 is 0. The summed E-state index contributed by atoms with van der Waals surface area (Å²) in [5, 5.41) is 0. The molecule has 2 N–H and O–H groups in total. The summed E-state index contributed by atoms with van der Waals surface area (Å²) in [6.07, 6.45) is 0. The molecule has 2 aromatic carbocycles. The number of hydrogen-bond donors (Lipinski definition) is 1. The number of benzene rings is 2. The molecule has 0 spiro atoms. The van der Waals surface area contributed by atoms with E-state index < -0.39 is 11.8 Å². The Morgan fingerprint density at radius 1 is 1.25 bits per heavy atom. The first-order valence-corrected chi connectivity index (χ1v) is 6.11. The Kier molecular flexibility index (Phi) is 4.20. The lowest BCUT2D eigenvalue weighted by Gasteiger charge is -2.10.